The minimum Gasteiger partial charge on any atom is -0.459 e. The molecule has 144 valence electrons. The van der Waals surface area contributed by atoms with E-state index < -0.39 is 60.3 Å². The fourth-order valence-electron chi connectivity index (χ4n) is 2.91. The van der Waals surface area contributed by atoms with E-state index in [1.165, 1.54) is 6.20 Å². The van der Waals surface area contributed by atoms with E-state index in [9.17, 15) is 14.4 Å². The highest BCUT2D eigenvalue weighted by atomic mass is 19.2. The predicted molar refractivity (Wildman–Crippen MR) is 84.9 cm³/mol. The van der Waals surface area contributed by atoms with Gasteiger partial charge in [-0.2, -0.15) is 0 Å². The summed E-state index contributed by atoms with van der Waals surface area (Å²) in [5.74, 6) is -3.50. The van der Waals surface area contributed by atoms with Crippen LogP contribution in [0.1, 0.15) is 33.4 Å². The maximum atomic E-state index is 15.5. The number of H-pyrrole nitrogens is 1. The molecule has 0 amide bonds. The highest BCUT2D eigenvalue weighted by Crippen LogP contribution is 2.46. The Labute approximate surface area is 148 Å². The van der Waals surface area contributed by atoms with Crippen LogP contribution in [0.25, 0.3) is 0 Å². The molecule has 0 spiro atoms. The van der Waals surface area contributed by atoms with Gasteiger partial charge in [-0.25, -0.2) is 9.18 Å². The van der Waals surface area contributed by atoms with Crippen LogP contribution < -0.4 is 11.2 Å². The van der Waals surface area contributed by atoms with Gasteiger partial charge in [0.05, 0.1) is 5.92 Å². The molecule has 26 heavy (non-hydrogen) atoms. The van der Waals surface area contributed by atoms with Crippen molar-refractivity contribution in [3.63, 3.8) is 0 Å². The number of aromatic nitrogens is 2. The number of ether oxygens (including phenoxy) is 4. The van der Waals surface area contributed by atoms with Crippen molar-refractivity contribution in [2.24, 2.45) is 5.92 Å². The number of halogens is 1. The van der Waals surface area contributed by atoms with Crippen LogP contribution in [0.4, 0.5) is 4.39 Å². The number of esters is 1. The normalized spacial score (nSPS) is 33.4. The molecule has 2 saturated heterocycles. The molecule has 0 bridgehead atoms. The third-order valence-electron chi connectivity index (χ3n) is 4.27. The second-order valence-electron chi connectivity index (χ2n) is 6.57. The van der Waals surface area contributed by atoms with E-state index in [0.29, 0.717) is 6.42 Å². The van der Waals surface area contributed by atoms with Gasteiger partial charge in [-0.3, -0.25) is 19.1 Å². The lowest BCUT2D eigenvalue weighted by atomic mass is 10.1. The Hall–Kier alpha value is -2.04. The molecular weight excluding hydrogens is 351 g/mol. The third-order valence-corrected chi connectivity index (χ3v) is 4.27. The fraction of sp³-hybridized carbons (Fsp3) is 0.688. The summed E-state index contributed by atoms with van der Waals surface area (Å²) in [7, 11) is 0. The molecule has 1 aromatic rings. The first-order chi connectivity index (χ1) is 12.2. The highest BCUT2D eigenvalue weighted by molar-refractivity contribution is 5.71. The van der Waals surface area contributed by atoms with Gasteiger partial charge in [0.25, 0.3) is 11.4 Å². The number of rotatable bonds is 5. The van der Waals surface area contributed by atoms with E-state index in [1.807, 2.05) is 0 Å². The van der Waals surface area contributed by atoms with Crippen LogP contribution in [0.3, 0.4) is 0 Å². The second-order valence-corrected chi connectivity index (χ2v) is 6.57. The van der Waals surface area contributed by atoms with Gasteiger partial charge in [0, 0.05) is 12.3 Å². The van der Waals surface area contributed by atoms with Crippen molar-refractivity contribution in [1.29, 1.82) is 0 Å². The van der Waals surface area contributed by atoms with Crippen LogP contribution in [-0.4, -0.2) is 46.5 Å². The molecule has 2 aliphatic rings. The molecule has 0 radical (unpaired) electrons. The van der Waals surface area contributed by atoms with Crippen LogP contribution in [0, 0.1) is 5.92 Å². The first kappa shape index (κ1) is 18.7. The Morgan fingerprint density at radius 1 is 1.42 bits per heavy atom. The van der Waals surface area contributed by atoms with Crippen LogP contribution in [-0.2, 0) is 23.7 Å². The van der Waals surface area contributed by atoms with E-state index in [2.05, 4.69) is 4.98 Å². The Balaban J connectivity index is 1.89. The number of nitrogens with zero attached hydrogens (tertiary/aromatic N) is 1. The van der Waals surface area contributed by atoms with E-state index in [1.54, 1.807) is 20.8 Å². The second kappa shape index (κ2) is 6.93. The van der Waals surface area contributed by atoms with E-state index in [0.717, 1.165) is 10.6 Å². The summed E-state index contributed by atoms with van der Waals surface area (Å²) in [6.45, 7) is 4.35. The van der Waals surface area contributed by atoms with Crippen molar-refractivity contribution in [2.75, 3.05) is 6.61 Å². The molecule has 1 N–H and O–H groups in total. The van der Waals surface area contributed by atoms with Gasteiger partial charge >= 0.3 is 11.7 Å². The van der Waals surface area contributed by atoms with Crippen molar-refractivity contribution in [3.05, 3.63) is 33.1 Å². The maximum Gasteiger partial charge on any atom is 0.330 e. The lowest BCUT2D eigenvalue weighted by Crippen LogP contribution is -2.43. The summed E-state index contributed by atoms with van der Waals surface area (Å²) in [5.41, 5.74) is -1.36. The predicted octanol–water partition coefficient (Wildman–Crippen LogP) is 0.451. The molecule has 2 fully saturated rings. The molecule has 3 rings (SSSR count). The Morgan fingerprint density at radius 2 is 2.15 bits per heavy atom. The zero-order valence-corrected chi connectivity index (χ0v) is 14.6. The standard InChI is InChI=1S/C16H21FN2O7/c1-4-10-24-11-12(25-10)16(17,7-23-14(21)8(2)3)26-13(11)19-6-5-9(20)18-15(19)22/h5-6,8,10-13H,4,7H2,1-3H3,(H,18,20,22)/t10?,11-,12+,13-,16-/m1/s1. The number of carbonyl (C=O) groups excluding carboxylic acids is 1. The average Bonchev–Trinajstić information content (AvgIpc) is 3.12. The van der Waals surface area contributed by atoms with E-state index >= 15 is 4.39 Å². The molecule has 1 unspecified atom stereocenters. The first-order valence-electron chi connectivity index (χ1n) is 8.41. The van der Waals surface area contributed by atoms with Crippen molar-refractivity contribution >= 4 is 5.97 Å². The quantitative estimate of drug-likeness (QED) is 0.748. The lowest BCUT2D eigenvalue weighted by molar-refractivity contribution is -0.247. The summed E-state index contributed by atoms with van der Waals surface area (Å²) >= 11 is 0. The van der Waals surface area contributed by atoms with Crippen molar-refractivity contribution in [2.45, 2.75) is 57.8 Å². The van der Waals surface area contributed by atoms with E-state index in [4.69, 9.17) is 18.9 Å². The number of hydrogen-bond acceptors (Lipinski definition) is 7. The number of carbonyl (C=O) groups is 1. The van der Waals surface area contributed by atoms with Crippen molar-refractivity contribution < 1.29 is 28.1 Å². The van der Waals surface area contributed by atoms with Gasteiger partial charge in [0.1, 0.15) is 6.10 Å². The molecular formula is C16H21FN2O7. The van der Waals surface area contributed by atoms with Gasteiger partial charge in [-0.05, 0) is 6.42 Å². The fourth-order valence-corrected chi connectivity index (χ4v) is 2.91. The maximum absolute atomic E-state index is 15.5. The molecule has 0 aromatic carbocycles. The molecule has 0 aliphatic carbocycles. The van der Waals surface area contributed by atoms with Crippen LogP contribution in [0.5, 0.6) is 0 Å². The number of hydrogen-bond donors (Lipinski definition) is 1. The third kappa shape index (κ3) is 3.31. The number of aromatic amines is 1. The number of alkyl halides is 1. The average molecular weight is 372 g/mol. The molecule has 10 heteroatoms. The zero-order valence-electron chi connectivity index (χ0n) is 14.6. The number of fused-ring (bicyclic) bond motifs is 1. The molecule has 9 nitrogen and oxygen atoms in total. The Bertz CT molecular complexity index is 791. The molecule has 2 aliphatic heterocycles. The van der Waals surface area contributed by atoms with Gasteiger partial charge in [-0.1, -0.05) is 20.8 Å². The first-order valence-corrected chi connectivity index (χ1v) is 8.41. The van der Waals surface area contributed by atoms with Crippen LogP contribution >= 0.6 is 0 Å². The topological polar surface area (TPSA) is 109 Å². The minimum atomic E-state index is -2.49. The molecule has 5 atom stereocenters. The minimum absolute atomic E-state index is 0.433. The van der Waals surface area contributed by atoms with Crippen LogP contribution in [0.15, 0.2) is 21.9 Å². The SMILES string of the molecule is CCC1O[C@H]2[C@H](n3ccc(=O)[nH]c3=O)O[C@](F)(COC(=O)C(C)C)[C@H]2O1. The smallest absolute Gasteiger partial charge is 0.330 e. The summed E-state index contributed by atoms with van der Waals surface area (Å²) in [5, 5.41) is 0. The molecule has 3 heterocycles. The van der Waals surface area contributed by atoms with Gasteiger partial charge in [0.2, 0.25) is 0 Å². The summed E-state index contributed by atoms with van der Waals surface area (Å²) < 4.78 is 38.1. The van der Waals surface area contributed by atoms with Crippen LogP contribution in [0.2, 0.25) is 0 Å². The van der Waals surface area contributed by atoms with Crippen molar-refractivity contribution in [1.82, 2.24) is 9.55 Å². The Kier molecular flexibility index (Phi) is 5.00. The lowest BCUT2D eigenvalue weighted by Gasteiger charge is -2.25. The summed E-state index contributed by atoms with van der Waals surface area (Å²) in [6, 6.07) is 1.11. The summed E-state index contributed by atoms with van der Waals surface area (Å²) in [6.07, 6.45) is -2.32. The number of nitrogens with one attached hydrogen (secondary N) is 1. The highest BCUT2D eigenvalue weighted by Gasteiger charge is 2.63. The van der Waals surface area contributed by atoms with E-state index in [-0.39, 0.29) is 0 Å². The van der Waals surface area contributed by atoms with Crippen molar-refractivity contribution in [3.8, 4) is 0 Å². The molecule has 0 saturated carbocycles. The largest absolute Gasteiger partial charge is 0.459 e. The zero-order chi connectivity index (χ0) is 19.1. The van der Waals surface area contributed by atoms with Gasteiger partial charge < -0.3 is 18.9 Å². The Morgan fingerprint density at radius 3 is 2.77 bits per heavy atom. The monoisotopic (exact) mass is 372 g/mol. The van der Waals surface area contributed by atoms with Gasteiger partial charge in [0.15, 0.2) is 25.2 Å². The molecule has 1 aromatic heterocycles. The summed E-state index contributed by atoms with van der Waals surface area (Å²) in [4.78, 5) is 37.1. The van der Waals surface area contributed by atoms with Gasteiger partial charge in [-0.15, -0.1) is 0 Å².